The van der Waals surface area contributed by atoms with Crippen LogP contribution in [0, 0.1) is 0 Å². The van der Waals surface area contributed by atoms with E-state index in [4.69, 9.17) is 15.0 Å². The Morgan fingerprint density at radius 2 is 0.776 bits per heavy atom. The van der Waals surface area contributed by atoms with Crippen LogP contribution in [0.25, 0.3) is 83.9 Å². The smallest absolute Gasteiger partial charge is 0.164 e. The van der Waals surface area contributed by atoms with Crippen molar-refractivity contribution in [3.63, 3.8) is 0 Å². The van der Waals surface area contributed by atoms with E-state index in [2.05, 4.69) is 126 Å². The molecule has 49 heavy (non-hydrogen) atoms. The van der Waals surface area contributed by atoms with Crippen molar-refractivity contribution in [2.24, 2.45) is 0 Å². The molecule has 0 saturated heterocycles. The summed E-state index contributed by atoms with van der Waals surface area (Å²) in [4.78, 5) is 14.8. The molecule has 9 aromatic rings. The first-order valence-corrected chi connectivity index (χ1v) is 16.5. The molecule has 0 N–H and O–H groups in total. The molecule has 0 aliphatic carbocycles. The van der Waals surface area contributed by atoms with Gasteiger partial charge in [-0.15, -0.1) is 0 Å². The van der Waals surface area contributed by atoms with Gasteiger partial charge in [-0.1, -0.05) is 146 Å². The summed E-state index contributed by atoms with van der Waals surface area (Å²) in [6, 6.07) is 63.4. The van der Waals surface area contributed by atoms with Gasteiger partial charge in [0, 0.05) is 33.2 Å². The van der Waals surface area contributed by atoms with Crippen LogP contribution in [0.5, 0.6) is 0 Å². The highest BCUT2D eigenvalue weighted by Gasteiger charge is 2.16. The zero-order valence-corrected chi connectivity index (χ0v) is 26.6. The maximum Gasteiger partial charge on any atom is 0.164 e. The van der Waals surface area contributed by atoms with Crippen LogP contribution in [0.3, 0.4) is 0 Å². The molecule has 0 amide bonds. The van der Waals surface area contributed by atoms with Gasteiger partial charge in [-0.05, 0) is 58.7 Å². The van der Waals surface area contributed by atoms with Crippen LogP contribution in [-0.2, 0) is 0 Å². The third kappa shape index (κ3) is 5.26. The summed E-state index contributed by atoms with van der Waals surface area (Å²) in [6.07, 6.45) is 0. The summed E-state index contributed by atoms with van der Waals surface area (Å²) in [5, 5.41) is 2.47. The first-order chi connectivity index (χ1) is 24.3. The number of para-hydroxylation sites is 2. The average molecular weight is 627 g/mol. The van der Waals surface area contributed by atoms with Gasteiger partial charge in [-0.2, -0.15) is 0 Å². The summed E-state index contributed by atoms with van der Waals surface area (Å²) in [5.41, 5.74) is 11.0. The van der Waals surface area contributed by atoms with Gasteiger partial charge in [0.25, 0.3) is 0 Å². The van der Waals surface area contributed by atoms with Crippen molar-refractivity contribution >= 4 is 21.8 Å². The lowest BCUT2D eigenvalue weighted by atomic mass is 9.93. The van der Waals surface area contributed by atoms with E-state index in [0.29, 0.717) is 17.5 Å². The second-order valence-corrected chi connectivity index (χ2v) is 12.1. The Kier molecular flexibility index (Phi) is 7.10. The van der Waals surface area contributed by atoms with Crippen LogP contribution in [0.1, 0.15) is 0 Å². The molecule has 2 heterocycles. The van der Waals surface area contributed by atoms with Crippen molar-refractivity contribution in [2.45, 2.75) is 0 Å². The number of benzene rings is 7. The van der Waals surface area contributed by atoms with Gasteiger partial charge in [0.2, 0.25) is 0 Å². The summed E-state index contributed by atoms with van der Waals surface area (Å²) in [5.74, 6) is 1.94. The van der Waals surface area contributed by atoms with Gasteiger partial charge in [0.1, 0.15) is 0 Å². The van der Waals surface area contributed by atoms with E-state index in [1.165, 1.54) is 32.9 Å². The molecule has 0 fully saturated rings. The molecule has 0 aliphatic rings. The summed E-state index contributed by atoms with van der Waals surface area (Å²) in [6.45, 7) is 0. The Labute approximate surface area is 284 Å². The number of fused-ring (bicyclic) bond motifs is 3. The molecular formula is C45H30N4. The molecule has 0 radical (unpaired) electrons. The van der Waals surface area contributed by atoms with Crippen molar-refractivity contribution in [3.05, 3.63) is 182 Å². The number of aromatic nitrogens is 4. The zero-order chi connectivity index (χ0) is 32.6. The average Bonchev–Trinajstić information content (AvgIpc) is 3.52. The van der Waals surface area contributed by atoms with Gasteiger partial charge < -0.3 is 4.57 Å². The molecule has 0 aliphatic heterocycles. The maximum atomic E-state index is 4.98. The molecule has 0 unspecified atom stereocenters. The normalized spacial score (nSPS) is 11.3. The van der Waals surface area contributed by atoms with E-state index < -0.39 is 0 Å². The molecule has 0 spiro atoms. The minimum Gasteiger partial charge on any atom is -0.309 e. The molecule has 7 aromatic carbocycles. The van der Waals surface area contributed by atoms with E-state index in [0.717, 1.165) is 33.5 Å². The fourth-order valence-electron chi connectivity index (χ4n) is 6.75. The predicted molar refractivity (Wildman–Crippen MR) is 201 cm³/mol. The van der Waals surface area contributed by atoms with Gasteiger partial charge in [0.15, 0.2) is 17.5 Å². The Hall–Kier alpha value is -6.65. The Morgan fingerprint density at radius 3 is 1.43 bits per heavy atom. The van der Waals surface area contributed by atoms with Crippen molar-refractivity contribution in [1.29, 1.82) is 0 Å². The summed E-state index contributed by atoms with van der Waals surface area (Å²) < 4.78 is 2.35. The Bertz CT molecular complexity index is 2530. The van der Waals surface area contributed by atoms with Crippen molar-refractivity contribution in [1.82, 2.24) is 19.5 Å². The van der Waals surface area contributed by atoms with Crippen LogP contribution in [-0.4, -0.2) is 19.5 Å². The lowest BCUT2D eigenvalue weighted by Crippen LogP contribution is -2.00. The third-order valence-electron chi connectivity index (χ3n) is 9.06. The molecule has 9 rings (SSSR count). The van der Waals surface area contributed by atoms with Gasteiger partial charge in [0.05, 0.1) is 11.0 Å². The van der Waals surface area contributed by atoms with Crippen molar-refractivity contribution in [3.8, 4) is 62.1 Å². The van der Waals surface area contributed by atoms with E-state index in [1.807, 2.05) is 60.7 Å². The lowest BCUT2D eigenvalue weighted by molar-refractivity contribution is 1.07. The molecule has 2 aromatic heterocycles. The van der Waals surface area contributed by atoms with Crippen LogP contribution >= 0.6 is 0 Å². The SMILES string of the molecule is c1ccc(-c2nc(-c3ccccc3)nc(-c3cccc(-c4ccccc4-c4ccc5c(c4)c4ccccc4n5-c4ccccc4)c3)n2)cc1. The van der Waals surface area contributed by atoms with E-state index in [9.17, 15) is 0 Å². The Balaban J connectivity index is 1.17. The third-order valence-corrected chi connectivity index (χ3v) is 9.06. The minimum atomic E-state index is 0.641. The Morgan fingerprint density at radius 1 is 0.306 bits per heavy atom. The highest BCUT2D eigenvalue weighted by Crippen LogP contribution is 2.38. The standard InChI is InChI=1S/C45H30N4/c1-4-15-31(16-5-1)43-46-44(32-17-6-2-7-18-32)48-45(47-43)35-20-14-19-33(29-35)37-23-10-11-24-38(37)34-27-28-42-40(30-34)39-25-12-13-26-41(39)49(42)36-21-8-3-9-22-36/h1-30H. The first kappa shape index (κ1) is 28.6. The summed E-state index contributed by atoms with van der Waals surface area (Å²) >= 11 is 0. The predicted octanol–water partition coefficient (Wildman–Crippen LogP) is 11.3. The quantitative estimate of drug-likeness (QED) is 0.184. The largest absolute Gasteiger partial charge is 0.309 e. The first-order valence-electron chi connectivity index (χ1n) is 16.5. The minimum absolute atomic E-state index is 0.641. The molecule has 4 nitrogen and oxygen atoms in total. The van der Waals surface area contributed by atoms with E-state index in [1.54, 1.807) is 0 Å². The van der Waals surface area contributed by atoms with Gasteiger partial charge >= 0.3 is 0 Å². The molecule has 0 saturated carbocycles. The fraction of sp³-hybridized carbons (Fsp3) is 0. The van der Waals surface area contributed by atoms with Crippen molar-refractivity contribution < 1.29 is 0 Å². The van der Waals surface area contributed by atoms with Crippen molar-refractivity contribution in [2.75, 3.05) is 0 Å². The highest BCUT2D eigenvalue weighted by atomic mass is 15.0. The number of hydrogen-bond donors (Lipinski definition) is 0. The second-order valence-electron chi connectivity index (χ2n) is 12.1. The zero-order valence-electron chi connectivity index (χ0n) is 26.6. The van der Waals surface area contributed by atoms with Crippen LogP contribution in [0.15, 0.2) is 182 Å². The topological polar surface area (TPSA) is 43.6 Å². The number of nitrogens with zero attached hydrogens (tertiary/aromatic N) is 4. The van der Waals surface area contributed by atoms with E-state index >= 15 is 0 Å². The van der Waals surface area contributed by atoms with Crippen LogP contribution < -0.4 is 0 Å². The molecule has 0 atom stereocenters. The lowest BCUT2D eigenvalue weighted by Gasteiger charge is -2.13. The summed E-state index contributed by atoms with van der Waals surface area (Å²) in [7, 11) is 0. The van der Waals surface area contributed by atoms with Gasteiger partial charge in [-0.25, -0.2) is 15.0 Å². The molecular weight excluding hydrogens is 597 g/mol. The monoisotopic (exact) mass is 626 g/mol. The number of rotatable bonds is 6. The number of hydrogen-bond acceptors (Lipinski definition) is 3. The van der Waals surface area contributed by atoms with E-state index in [-0.39, 0.29) is 0 Å². The maximum absolute atomic E-state index is 4.98. The fourth-order valence-corrected chi connectivity index (χ4v) is 6.75. The highest BCUT2D eigenvalue weighted by molar-refractivity contribution is 6.10. The molecule has 230 valence electrons. The second kappa shape index (κ2) is 12.2. The molecule has 0 bridgehead atoms. The van der Waals surface area contributed by atoms with Crippen LogP contribution in [0.2, 0.25) is 0 Å². The van der Waals surface area contributed by atoms with Gasteiger partial charge in [-0.3, -0.25) is 0 Å². The van der Waals surface area contributed by atoms with Crippen LogP contribution in [0.4, 0.5) is 0 Å². The molecule has 4 heteroatoms.